The smallest absolute Gasteiger partial charge is 0.0959 e. The van der Waals surface area contributed by atoms with Crippen molar-refractivity contribution in [1.82, 2.24) is 4.98 Å². The van der Waals surface area contributed by atoms with Gasteiger partial charge in [0.1, 0.15) is 0 Å². The summed E-state index contributed by atoms with van der Waals surface area (Å²) < 4.78 is 5.56. The Labute approximate surface area is 103 Å². The number of pyridine rings is 1. The maximum absolute atomic E-state index is 10.0. The Bertz CT molecular complexity index is 348. The van der Waals surface area contributed by atoms with Crippen LogP contribution in [0, 0.1) is 6.92 Å². The van der Waals surface area contributed by atoms with Gasteiger partial charge in [-0.1, -0.05) is 0 Å². The molecule has 3 heteroatoms. The minimum Gasteiger partial charge on any atom is -0.387 e. The number of aliphatic hydroxyl groups is 1. The molecule has 0 saturated carbocycles. The summed E-state index contributed by atoms with van der Waals surface area (Å²) in [7, 11) is 0. The molecule has 0 aromatic carbocycles. The van der Waals surface area contributed by atoms with E-state index in [0.717, 1.165) is 37.1 Å². The number of ether oxygens (including phenoxy) is 1. The zero-order valence-electron chi connectivity index (χ0n) is 10.4. The van der Waals surface area contributed by atoms with E-state index in [1.54, 1.807) is 6.20 Å². The predicted octanol–water partition coefficient (Wildman–Crippen LogP) is 2.77. The maximum atomic E-state index is 10.0. The molecular formula is C14H21NO2. The molecule has 1 aliphatic heterocycles. The largest absolute Gasteiger partial charge is 0.387 e. The van der Waals surface area contributed by atoms with E-state index in [0.29, 0.717) is 6.10 Å². The molecule has 1 fully saturated rings. The van der Waals surface area contributed by atoms with E-state index in [1.165, 1.54) is 12.8 Å². The lowest BCUT2D eigenvalue weighted by atomic mass is 10.0. The van der Waals surface area contributed by atoms with Gasteiger partial charge in [-0.2, -0.15) is 0 Å². The molecule has 1 aromatic rings. The molecule has 1 aliphatic rings. The molecule has 0 bridgehead atoms. The number of hydrogen-bond acceptors (Lipinski definition) is 3. The summed E-state index contributed by atoms with van der Waals surface area (Å²) in [5, 5.41) is 10.0. The molecule has 2 rings (SSSR count). The Hall–Kier alpha value is -0.930. The number of nitrogens with zero attached hydrogens (tertiary/aromatic N) is 1. The van der Waals surface area contributed by atoms with Gasteiger partial charge >= 0.3 is 0 Å². The Morgan fingerprint density at radius 1 is 1.59 bits per heavy atom. The number of aliphatic hydroxyl groups excluding tert-OH is 1. The molecule has 3 nitrogen and oxygen atoms in total. The highest BCUT2D eigenvalue weighted by molar-refractivity contribution is 5.15. The lowest BCUT2D eigenvalue weighted by Crippen LogP contribution is -2.06. The van der Waals surface area contributed by atoms with Crippen LogP contribution in [-0.2, 0) is 4.74 Å². The topological polar surface area (TPSA) is 42.4 Å². The summed E-state index contributed by atoms with van der Waals surface area (Å²) in [5.41, 5.74) is 1.94. The second-order valence-corrected chi connectivity index (χ2v) is 4.84. The lowest BCUT2D eigenvalue weighted by Gasteiger charge is -2.12. The fourth-order valence-corrected chi connectivity index (χ4v) is 2.30. The normalized spacial score (nSPS) is 21.6. The van der Waals surface area contributed by atoms with E-state index >= 15 is 0 Å². The summed E-state index contributed by atoms with van der Waals surface area (Å²) in [6.45, 7) is 2.93. The molecule has 1 saturated heterocycles. The van der Waals surface area contributed by atoms with Crippen molar-refractivity contribution < 1.29 is 9.84 Å². The van der Waals surface area contributed by atoms with Gasteiger partial charge in [-0.15, -0.1) is 0 Å². The summed E-state index contributed by atoms with van der Waals surface area (Å²) in [6, 6.07) is 3.90. The molecule has 94 valence electrons. The zero-order chi connectivity index (χ0) is 12.1. The van der Waals surface area contributed by atoms with E-state index < -0.39 is 6.10 Å². The molecule has 0 spiro atoms. The van der Waals surface area contributed by atoms with Gasteiger partial charge in [0.25, 0.3) is 0 Å². The Morgan fingerprint density at radius 3 is 3.18 bits per heavy atom. The molecule has 0 aliphatic carbocycles. The minimum absolute atomic E-state index is 0.424. The van der Waals surface area contributed by atoms with Crippen LogP contribution in [0.4, 0.5) is 0 Å². The molecule has 2 unspecified atom stereocenters. The summed E-state index contributed by atoms with van der Waals surface area (Å²) in [6.07, 6.45) is 6.95. The third-order valence-corrected chi connectivity index (χ3v) is 3.31. The van der Waals surface area contributed by atoms with Crippen LogP contribution in [0.3, 0.4) is 0 Å². The maximum Gasteiger partial charge on any atom is 0.0959 e. The van der Waals surface area contributed by atoms with Crippen molar-refractivity contribution in [3.8, 4) is 0 Å². The number of rotatable bonds is 5. The molecule has 0 amide bonds. The quantitative estimate of drug-likeness (QED) is 0.853. The van der Waals surface area contributed by atoms with E-state index in [1.807, 2.05) is 19.1 Å². The second-order valence-electron chi connectivity index (χ2n) is 4.84. The van der Waals surface area contributed by atoms with Gasteiger partial charge in [0.15, 0.2) is 0 Å². The first-order valence-corrected chi connectivity index (χ1v) is 6.48. The van der Waals surface area contributed by atoms with Crippen molar-refractivity contribution in [1.29, 1.82) is 0 Å². The van der Waals surface area contributed by atoms with Crippen molar-refractivity contribution in [2.75, 3.05) is 6.61 Å². The fourth-order valence-electron chi connectivity index (χ4n) is 2.30. The van der Waals surface area contributed by atoms with Gasteiger partial charge in [-0.05, 0) is 56.7 Å². The Morgan fingerprint density at radius 2 is 2.47 bits per heavy atom. The van der Waals surface area contributed by atoms with Gasteiger partial charge in [0.2, 0.25) is 0 Å². The highest BCUT2D eigenvalue weighted by Gasteiger charge is 2.16. The highest BCUT2D eigenvalue weighted by atomic mass is 16.5. The zero-order valence-corrected chi connectivity index (χ0v) is 10.4. The third-order valence-electron chi connectivity index (χ3n) is 3.31. The van der Waals surface area contributed by atoms with Crippen LogP contribution in [0.1, 0.15) is 49.5 Å². The molecule has 1 aromatic heterocycles. The van der Waals surface area contributed by atoms with Gasteiger partial charge in [0.05, 0.1) is 17.9 Å². The van der Waals surface area contributed by atoms with Gasteiger partial charge in [-0.3, -0.25) is 4.98 Å². The molecule has 2 atom stereocenters. The van der Waals surface area contributed by atoms with Gasteiger partial charge < -0.3 is 9.84 Å². The first-order chi connectivity index (χ1) is 8.25. The van der Waals surface area contributed by atoms with Gasteiger partial charge in [-0.25, -0.2) is 0 Å². The second kappa shape index (κ2) is 6.12. The van der Waals surface area contributed by atoms with Crippen LogP contribution in [0.5, 0.6) is 0 Å². The van der Waals surface area contributed by atoms with Crippen LogP contribution < -0.4 is 0 Å². The van der Waals surface area contributed by atoms with Crippen LogP contribution in [0.2, 0.25) is 0 Å². The number of aromatic nitrogens is 1. The van der Waals surface area contributed by atoms with Crippen LogP contribution >= 0.6 is 0 Å². The highest BCUT2D eigenvalue weighted by Crippen LogP contribution is 2.22. The van der Waals surface area contributed by atoms with Crippen LogP contribution in [0.15, 0.2) is 18.3 Å². The van der Waals surface area contributed by atoms with E-state index in [4.69, 9.17) is 4.74 Å². The molecular weight excluding hydrogens is 214 g/mol. The molecule has 1 N–H and O–H groups in total. The number of hydrogen-bond donors (Lipinski definition) is 1. The standard InChI is InChI=1S/C14H21NO2/c1-11-7-8-15-13(10-11)14(16)6-2-4-12-5-3-9-17-12/h7-8,10,12,14,16H,2-6,9H2,1H3. The minimum atomic E-state index is -0.434. The third kappa shape index (κ3) is 3.79. The van der Waals surface area contributed by atoms with Gasteiger partial charge in [0, 0.05) is 12.8 Å². The fraction of sp³-hybridized carbons (Fsp3) is 0.643. The number of aryl methyl sites for hydroxylation is 1. The predicted molar refractivity (Wildman–Crippen MR) is 66.8 cm³/mol. The van der Waals surface area contributed by atoms with Crippen molar-refractivity contribution in [2.45, 2.75) is 51.2 Å². The van der Waals surface area contributed by atoms with E-state index in [-0.39, 0.29) is 0 Å². The first-order valence-electron chi connectivity index (χ1n) is 6.48. The Kier molecular flexibility index (Phi) is 4.51. The lowest BCUT2D eigenvalue weighted by molar-refractivity contribution is 0.0939. The van der Waals surface area contributed by atoms with Crippen molar-refractivity contribution in [3.63, 3.8) is 0 Å². The van der Waals surface area contributed by atoms with E-state index in [9.17, 15) is 5.11 Å². The average Bonchev–Trinajstić information content (AvgIpc) is 2.82. The van der Waals surface area contributed by atoms with Crippen molar-refractivity contribution in [2.24, 2.45) is 0 Å². The SMILES string of the molecule is Cc1ccnc(C(O)CCCC2CCCO2)c1. The monoisotopic (exact) mass is 235 g/mol. The summed E-state index contributed by atoms with van der Waals surface area (Å²) in [4.78, 5) is 4.21. The van der Waals surface area contributed by atoms with Crippen molar-refractivity contribution in [3.05, 3.63) is 29.6 Å². The molecule has 0 radical (unpaired) electrons. The Balaban J connectivity index is 1.74. The van der Waals surface area contributed by atoms with E-state index in [2.05, 4.69) is 4.98 Å². The summed E-state index contributed by atoms with van der Waals surface area (Å²) >= 11 is 0. The average molecular weight is 235 g/mol. The summed E-state index contributed by atoms with van der Waals surface area (Å²) in [5.74, 6) is 0. The first kappa shape index (κ1) is 12.5. The van der Waals surface area contributed by atoms with Crippen LogP contribution in [0.25, 0.3) is 0 Å². The van der Waals surface area contributed by atoms with Crippen molar-refractivity contribution >= 4 is 0 Å². The molecule has 2 heterocycles. The van der Waals surface area contributed by atoms with Crippen LogP contribution in [-0.4, -0.2) is 22.8 Å². The molecule has 17 heavy (non-hydrogen) atoms.